The zero-order valence-electron chi connectivity index (χ0n) is 19.9. The number of nitrogens with zero attached hydrogens (tertiary/aromatic N) is 1. The third-order valence-electron chi connectivity index (χ3n) is 5.01. The molecule has 4 atom stereocenters. The van der Waals surface area contributed by atoms with E-state index in [1.807, 2.05) is 0 Å². The maximum Gasteiger partial charge on any atom is 0.330 e. The molecule has 0 spiro atoms. The number of ether oxygens (including phenoxy) is 5. The highest BCUT2D eigenvalue weighted by atomic mass is 16.7. The fourth-order valence-corrected chi connectivity index (χ4v) is 3.49. The standard InChI is InChI=1S/C24H24N2O10/c1-13(27)33-12-19-20(34-14(2)28)21(35-15(3)29)23(36-19)26-11-17(22(30)25-24(26)31)8-5-16-6-9-18(32-4)10-7-16/h6-7,9-11,19-21,23H,12H2,1-4H3,(H,25,30,31)/t19-,20-,21-,23-/m1/s1. The van der Waals surface area contributed by atoms with Gasteiger partial charge in [0.2, 0.25) is 0 Å². The monoisotopic (exact) mass is 500 g/mol. The molecule has 2 aromatic rings. The molecule has 1 aromatic heterocycles. The minimum Gasteiger partial charge on any atom is -0.497 e. The number of esters is 3. The van der Waals surface area contributed by atoms with Gasteiger partial charge in [-0.25, -0.2) is 4.79 Å². The number of benzene rings is 1. The van der Waals surface area contributed by atoms with E-state index in [1.54, 1.807) is 24.3 Å². The lowest BCUT2D eigenvalue weighted by molar-refractivity contribution is -0.166. The minimum absolute atomic E-state index is 0.0805. The molecule has 0 radical (unpaired) electrons. The Morgan fingerprint density at radius 2 is 1.61 bits per heavy atom. The predicted molar refractivity (Wildman–Crippen MR) is 122 cm³/mol. The van der Waals surface area contributed by atoms with Crippen molar-refractivity contribution in [1.82, 2.24) is 9.55 Å². The van der Waals surface area contributed by atoms with Crippen LogP contribution in [0.2, 0.25) is 0 Å². The van der Waals surface area contributed by atoms with Gasteiger partial charge in [-0.3, -0.25) is 28.7 Å². The average Bonchev–Trinajstić information content (AvgIpc) is 3.13. The van der Waals surface area contributed by atoms with Crippen molar-refractivity contribution in [1.29, 1.82) is 0 Å². The molecule has 2 heterocycles. The summed E-state index contributed by atoms with van der Waals surface area (Å²) >= 11 is 0. The molecule has 1 saturated heterocycles. The Kier molecular flexibility index (Phi) is 8.29. The molecule has 0 amide bonds. The number of rotatable bonds is 6. The molecular weight excluding hydrogens is 476 g/mol. The Bertz CT molecular complexity index is 1320. The van der Waals surface area contributed by atoms with Crippen molar-refractivity contribution in [3.63, 3.8) is 0 Å². The van der Waals surface area contributed by atoms with E-state index in [0.717, 1.165) is 24.6 Å². The molecule has 1 aliphatic rings. The highest BCUT2D eigenvalue weighted by Crippen LogP contribution is 2.33. The van der Waals surface area contributed by atoms with Crippen LogP contribution in [0.3, 0.4) is 0 Å². The van der Waals surface area contributed by atoms with Crippen LogP contribution in [0.25, 0.3) is 0 Å². The number of hydrogen-bond acceptors (Lipinski definition) is 10. The van der Waals surface area contributed by atoms with Crippen LogP contribution >= 0.6 is 0 Å². The topological polar surface area (TPSA) is 152 Å². The number of aromatic nitrogens is 2. The molecular formula is C24H24N2O10. The van der Waals surface area contributed by atoms with Crippen molar-refractivity contribution >= 4 is 17.9 Å². The van der Waals surface area contributed by atoms with E-state index in [0.29, 0.717) is 11.3 Å². The summed E-state index contributed by atoms with van der Waals surface area (Å²) in [5.74, 6) is 4.07. The Morgan fingerprint density at radius 1 is 0.972 bits per heavy atom. The zero-order chi connectivity index (χ0) is 26.4. The van der Waals surface area contributed by atoms with E-state index in [4.69, 9.17) is 23.7 Å². The summed E-state index contributed by atoms with van der Waals surface area (Å²) in [6, 6.07) is 6.78. The Morgan fingerprint density at radius 3 is 2.19 bits per heavy atom. The van der Waals surface area contributed by atoms with Crippen molar-refractivity contribution in [3.05, 3.63) is 62.4 Å². The first-order chi connectivity index (χ1) is 17.1. The highest BCUT2D eigenvalue weighted by Gasteiger charge is 2.51. The average molecular weight is 500 g/mol. The second kappa shape index (κ2) is 11.4. The second-order valence-electron chi connectivity index (χ2n) is 7.70. The van der Waals surface area contributed by atoms with Gasteiger partial charge in [-0.2, -0.15) is 0 Å². The van der Waals surface area contributed by atoms with Gasteiger partial charge in [-0.15, -0.1) is 0 Å². The van der Waals surface area contributed by atoms with Crippen LogP contribution in [-0.2, 0) is 33.3 Å². The number of aromatic amines is 1. The number of H-pyrrole nitrogens is 1. The van der Waals surface area contributed by atoms with E-state index >= 15 is 0 Å². The first-order valence-electron chi connectivity index (χ1n) is 10.7. The van der Waals surface area contributed by atoms with E-state index in [2.05, 4.69) is 16.8 Å². The number of carbonyl (C=O) groups is 3. The van der Waals surface area contributed by atoms with Crippen LogP contribution < -0.4 is 16.0 Å². The number of nitrogens with one attached hydrogen (secondary N) is 1. The van der Waals surface area contributed by atoms with Crippen molar-refractivity contribution in [2.45, 2.75) is 45.3 Å². The normalized spacial score (nSPS) is 20.6. The van der Waals surface area contributed by atoms with Gasteiger partial charge >= 0.3 is 23.6 Å². The fraction of sp³-hybridized carbons (Fsp3) is 0.375. The van der Waals surface area contributed by atoms with Crippen molar-refractivity contribution in [2.75, 3.05) is 13.7 Å². The van der Waals surface area contributed by atoms with Crippen LogP contribution in [0.15, 0.2) is 40.1 Å². The Balaban J connectivity index is 2.02. The molecule has 36 heavy (non-hydrogen) atoms. The summed E-state index contributed by atoms with van der Waals surface area (Å²) in [5, 5.41) is 0. The third kappa shape index (κ3) is 6.39. The fourth-order valence-electron chi connectivity index (χ4n) is 3.49. The largest absolute Gasteiger partial charge is 0.497 e. The first-order valence-corrected chi connectivity index (χ1v) is 10.7. The first kappa shape index (κ1) is 26.2. The van der Waals surface area contributed by atoms with Gasteiger partial charge in [0.1, 0.15) is 24.0 Å². The van der Waals surface area contributed by atoms with Gasteiger partial charge in [0, 0.05) is 32.5 Å². The summed E-state index contributed by atoms with van der Waals surface area (Å²) in [7, 11) is 1.53. The molecule has 1 N–H and O–H groups in total. The quantitative estimate of drug-likeness (QED) is 0.332. The van der Waals surface area contributed by atoms with E-state index in [9.17, 15) is 24.0 Å². The number of hydrogen-bond donors (Lipinski definition) is 1. The molecule has 0 saturated carbocycles. The minimum atomic E-state index is -1.33. The van der Waals surface area contributed by atoms with E-state index in [-0.39, 0.29) is 12.2 Å². The van der Waals surface area contributed by atoms with Crippen molar-refractivity contribution in [2.24, 2.45) is 0 Å². The lowest BCUT2D eigenvalue weighted by atomic mass is 10.1. The maximum atomic E-state index is 12.7. The van der Waals surface area contributed by atoms with Crippen LogP contribution in [0.1, 0.15) is 38.1 Å². The van der Waals surface area contributed by atoms with Gasteiger partial charge < -0.3 is 23.7 Å². The van der Waals surface area contributed by atoms with Crippen LogP contribution in [-0.4, -0.2) is 59.5 Å². The molecule has 12 heteroatoms. The Labute approximate surface area is 205 Å². The van der Waals surface area contributed by atoms with Crippen LogP contribution in [0, 0.1) is 11.8 Å². The molecule has 0 aliphatic carbocycles. The SMILES string of the molecule is COc1ccc(C#Cc2cn([C@@H]3O[C@H](COC(C)=O)[C@@H](OC(C)=O)[C@H]3OC(C)=O)c(=O)[nH]c2=O)cc1. The Hall–Kier alpha value is -4.37. The molecule has 1 aliphatic heterocycles. The molecule has 0 bridgehead atoms. The molecule has 12 nitrogen and oxygen atoms in total. The maximum absolute atomic E-state index is 12.7. The van der Waals surface area contributed by atoms with Gasteiger partial charge in [0.05, 0.1) is 7.11 Å². The second-order valence-corrected chi connectivity index (χ2v) is 7.70. The van der Waals surface area contributed by atoms with Gasteiger partial charge in [-0.1, -0.05) is 11.8 Å². The molecule has 190 valence electrons. The van der Waals surface area contributed by atoms with Crippen LogP contribution in [0.4, 0.5) is 0 Å². The highest BCUT2D eigenvalue weighted by molar-refractivity contribution is 5.68. The summed E-state index contributed by atoms with van der Waals surface area (Å²) in [6.07, 6.45) is -3.75. The number of methoxy groups -OCH3 is 1. The van der Waals surface area contributed by atoms with Crippen molar-refractivity contribution < 1.29 is 38.1 Å². The number of carbonyl (C=O) groups excluding carboxylic acids is 3. The van der Waals surface area contributed by atoms with E-state index < -0.39 is 53.7 Å². The lowest BCUT2D eigenvalue weighted by Crippen LogP contribution is -2.42. The van der Waals surface area contributed by atoms with Gasteiger partial charge in [0.25, 0.3) is 5.56 Å². The molecule has 0 unspecified atom stereocenters. The smallest absolute Gasteiger partial charge is 0.330 e. The predicted octanol–water partition coefficient (Wildman–Crippen LogP) is 0.269. The summed E-state index contributed by atoms with van der Waals surface area (Å²) in [4.78, 5) is 62.1. The summed E-state index contributed by atoms with van der Waals surface area (Å²) < 4.78 is 27.5. The zero-order valence-corrected chi connectivity index (χ0v) is 19.9. The van der Waals surface area contributed by atoms with Gasteiger partial charge in [0.15, 0.2) is 18.4 Å². The van der Waals surface area contributed by atoms with Gasteiger partial charge in [-0.05, 0) is 24.3 Å². The summed E-state index contributed by atoms with van der Waals surface area (Å²) in [5.41, 5.74) is -1.12. The molecule has 1 fully saturated rings. The molecule has 3 rings (SSSR count). The van der Waals surface area contributed by atoms with Crippen molar-refractivity contribution in [3.8, 4) is 17.6 Å². The summed E-state index contributed by atoms with van der Waals surface area (Å²) in [6.45, 7) is 3.10. The van der Waals surface area contributed by atoms with Crippen LogP contribution in [0.5, 0.6) is 5.75 Å². The lowest BCUT2D eigenvalue weighted by Gasteiger charge is -2.23. The molecule has 1 aromatic carbocycles. The van der Waals surface area contributed by atoms with E-state index in [1.165, 1.54) is 14.0 Å². The third-order valence-corrected chi connectivity index (χ3v) is 5.01.